The minimum absolute atomic E-state index is 0. The Bertz CT molecular complexity index is 419. The van der Waals surface area contributed by atoms with Crippen LogP contribution >= 0.6 is 12.4 Å². The molecule has 1 amide bonds. The second kappa shape index (κ2) is 6.40. The van der Waals surface area contributed by atoms with Crippen molar-refractivity contribution < 1.29 is 4.79 Å². The van der Waals surface area contributed by atoms with Gasteiger partial charge in [0, 0.05) is 26.2 Å². The fraction of sp³-hybridized carbons (Fsp3) is 0.533. The maximum atomic E-state index is 12.1. The van der Waals surface area contributed by atoms with Gasteiger partial charge in [0.2, 0.25) is 5.91 Å². The number of nitrogens with one attached hydrogen (secondary N) is 1. The highest BCUT2D eigenvalue weighted by molar-refractivity contribution is 5.85. The standard InChI is InChI=1S/C15H20N2O.ClH/c18-15(14-9-16-10-14)17-7-6-13(11-17)8-12-4-2-1-3-5-12;/h1-5,13-14,16H,6-11H2;1H. The molecular weight excluding hydrogens is 260 g/mol. The summed E-state index contributed by atoms with van der Waals surface area (Å²) in [6, 6.07) is 10.6. The first-order chi connectivity index (χ1) is 8.83. The van der Waals surface area contributed by atoms with Crippen LogP contribution in [0.1, 0.15) is 12.0 Å². The Balaban J connectivity index is 0.00000133. The predicted molar refractivity (Wildman–Crippen MR) is 78.4 cm³/mol. The summed E-state index contributed by atoms with van der Waals surface area (Å²) in [5, 5.41) is 3.17. The van der Waals surface area contributed by atoms with Gasteiger partial charge in [0.05, 0.1) is 5.92 Å². The summed E-state index contributed by atoms with van der Waals surface area (Å²) in [6.45, 7) is 3.65. The van der Waals surface area contributed by atoms with Gasteiger partial charge in [-0.1, -0.05) is 30.3 Å². The van der Waals surface area contributed by atoms with E-state index in [4.69, 9.17) is 0 Å². The van der Waals surface area contributed by atoms with E-state index in [1.165, 1.54) is 5.56 Å². The molecule has 1 aromatic carbocycles. The Morgan fingerprint density at radius 2 is 2.00 bits per heavy atom. The molecule has 2 aliphatic heterocycles. The van der Waals surface area contributed by atoms with Crippen molar-refractivity contribution in [3.05, 3.63) is 35.9 Å². The summed E-state index contributed by atoms with van der Waals surface area (Å²) >= 11 is 0. The number of nitrogens with zero attached hydrogens (tertiary/aromatic N) is 1. The Kier molecular flexibility index (Phi) is 4.83. The largest absolute Gasteiger partial charge is 0.342 e. The molecule has 0 bridgehead atoms. The first kappa shape index (κ1) is 14.4. The molecule has 1 N–H and O–H groups in total. The molecule has 2 saturated heterocycles. The van der Waals surface area contributed by atoms with Crippen LogP contribution in [-0.2, 0) is 11.2 Å². The Hall–Kier alpha value is -1.06. The number of carbonyl (C=O) groups is 1. The lowest BCUT2D eigenvalue weighted by molar-refractivity contribution is -0.136. The molecule has 2 heterocycles. The molecular formula is C15H21ClN2O. The summed E-state index contributed by atoms with van der Waals surface area (Å²) in [5.41, 5.74) is 1.39. The molecule has 3 nitrogen and oxygen atoms in total. The molecule has 0 saturated carbocycles. The van der Waals surface area contributed by atoms with E-state index >= 15 is 0 Å². The predicted octanol–water partition coefficient (Wildman–Crippen LogP) is 1.72. The third kappa shape index (κ3) is 3.28. The zero-order valence-corrected chi connectivity index (χ0v) is 11.9. The van der Waals surface area contributed by atoms with Crippen LogP contribution in [0.2, 0.25) is 0 Å². The van der Waals surface area contributed by atoms with Gasteiger partial charge in [-0.3, -0.25) is 4.79 Å². The minimum atomic E-state index is 0. The van der Waals surface area contributed by atoms with Gasteiger partial charge >= 0.3 is 0 Å². The number of hydrogen-bond acceptors (Lipinski definition) is 2. The third-order valence-electron chi connectivity index (χ3n) is 4.10. The smallest absolute Gasteiger partial charge is 0.228 e. The summed E-state index contributed by atoms with van der Waals surface area (Å²) in [5.74, 6) is 1.26. The summed E-state index contributed by atoms with van der Waals surface area (Å²) in [4.78, 5) is 14.2. The lowest BCUT2D eigenvalue weighted by Crippen LogP contribution is -2.51. The number of hydrogen-bond donors (Lipinski definition) is 1. The quantitative estimate of drug-likeness (QED) is 0.914. The Labute approximate surface area is 120 Å². The second-order valence-electron chi connectivity index (χ2n) is 5.48. The van der Waals surface area contributed by atoms with Gasteiger partial charge in [0.1, 0.15) is 0 Å². The van der Waals surface area contributed by atoms with Gasteiger partial charge in [-0.15, -0.1) is 12.4 Å². The van der Waals surface area contributed by atoms with E-state index in [1.54, 1.807) is 0 Å². The maximum Gasteiger partial charge on any atom is 0.228 e. The van der Waals surface area contributed by atoms with Crippen molar-refractivity contribution in [3.63, 3.8) is 0 Å². The van der Waals surface area contributed by atoms with Crippen molar-refractivity contribution in [3.8, 4) is 0 Å². The molecule has 0 aliphatic carbocycles. The van der Waals surface area contributed by atoms with Gasteiger partial charge < -0.3 is 10.2 Å². The van der Waals surface area contributed by atoms with E-state index in [1.807, 2.05) is 0 Å². The van der Waals surface area contributed by atoms with Crippen LogP contribution in [0, 0.1) is 11.8 Å². The van der Waals surface area contributed by atoms with Crippen molar-refractivity contribution in [2.75, 3.05) is 26.2 Å². The molecule has 104 valence electrons. The van der Waals surface area contributed by atoms with Crippen LogP contribution < -0.4 is 5.32 Å². The van der Waals surface area contributed by atoms with Crippen molar-refractivity contribution in [1.82, 2.24) is 10.2 Å². The monoisotopic (exact) mass is 280 g/mol. The van der Waals surface area contributed by atoms with Crippen molar-refractivity contribution in [2.45, 2.75) is 12.8 Å². The van der Waals surface area contributed by atoms with Crippen LogP contribution in [0.15, 0.2) is 30.3 Å². The zero-order chi connectivity index (χ0) is 12.4. The molecule has 0 radical (unpaired) electrons. The second-order valence-corrected chi connectivity index (χ2v) is 5.48. The van der Waals surface area contributed by atoms with E-state index in [0.29, 0.717) is 11.8 Å². The highest BCUT2D eigenvalue weighted by Gasteiger charge is 2.33. The van der Waals surface area contributed by atoms with Crippen LogP contribution in [0.4, 0.5) is 0 Å². The van der Waals surface area contributed by atoms with Crippen molar-refractivity contribution >= 4 is 18.3 Å². The average Bonchev–Trinajstić information content (AvgIpc) is 2.76. The Morgan fingerprint density at radius 1 is 1.26 bits per heavy atom. The molecule has 1 aromatic rings. The molecule has 2 aliphatic rings. The molecule has 3 rings (SSSR count). The van der Waals surface area contributed by atoms with E-state index in [0.717, 1.165) is 39.0 Å². The van der Waals surface area contributed by atoms with E-state index in [-0.39, 0.29) is 18.3 Å². The lowest BCUT2D eigenvalue weighted by atomic mass is 9.98. The molecule has 1 atom stereocenters. The van der Waals surface area contributed by atoms with Crippen LogP contribution in [-0.4, -0.2) is 37.0 Å². The van der Waals surface area contributed by atoms with Crippen molar-refractivity contribution in [2.24, 2.45) is 11.8 Å². The molecule has 0 spiro atoms. The minimum Gasteiger partial charge on any atom is -0.342 e. The summed E-state index contributed by atoms with van der Waals surface area (Å²) < 4.78 is 0. The highest BCUT2D eigenvalue weighted by atomic mass is 35.5. The van der Waals surface area contributed by atoms with Gasteiger partial charge in [0.25, 0.3) is 0 Å². The normalized spacial score (nSPS) is 22.7. The van der Waals surface area contributed by atoms with Gasteiger partial charge in [-0.05, 0) is 24.3 Å². The number of rotatable bonds is 3. The number of likely N-dealkylation sites (tertiary alicyclic amines) is 1. The van der Waals surface area contributed by atoms with E-state index in [9.17, 15) is 4.79 Å². The van der Waals surface area contributed by atoms with Crippen LogP contribution in [0.25, 0.3) is 0 Å². The topological polar surface area (TPSA) is 32.3 Å². The van der Waals surface area contributed by atoms with Gasteiger partial charge in [-0.25, -0.2) is 0 Å². The van der Waals surface area contributed by atoms with Crippen molar-refractivity contribution in [1.29, 1.82) is 0 Å². The molecule has 19 heavy (non-hydrogen) atoms. The molecule has 0 aromatic heterocycles. The lowest BCUT2D eigenvalue weighted by Gasteiger charge is -2.30. The maximum absolute atomic E-state index is 12.1. The summed E-state index contributed by atoms with van der Waals surface area (Å²) in [7, 11) is 0. The number of benzene rings is 1. The fourth-order valence-corrected chi connectivity index (χ4v) is 2.87. The highest BCUT2D eigenvalue weighted by Crippen LogP contribution is 2.23. The van der Waals surface area contributed by atoms with Crippen LogP contribution in [0.3, 0.4) is 0 Å². The number of halogens is 1. The third-order valence-corrected chi connectivity index (χ3v) is 4.10. The number of amides is 1. The summed E-state index contributed by atoms with van der Waals surface area (Å²) in [6.07, 6.45) is 2.26. The SMILES string of the molecule is Cl.O=C(C1CNC1)N1CCC(Cc2ccccc2)C1. The first-order valence-corrected chi connectivity index (χ1v) is 6.86. The van der Waals surface area contributed by atoms with E-state index < -0.39 is 0 Å². The van der Waals surface area contributed by atoms with Crippen LogP contribution in [0.5, 0.6) is 0 Å². The van der Waals surface area contributed by atoms with E-state index in [2.05, 4.69) is 40.5 Å². The zero-order valence-electron chi connectivity index (χ0n) is 11.0. The number of carbonyl (C=O) groups excluding carboxylic acids is 1. The average molecular weight is 281 g/mol. The Morgan fingerprint density at radius 3 is 2.63 bits per heavy atom. The molecule has 1 unspecified atom stereocenters. The van der Waals surface area contributed by atoms with Gasteiger partial charge in [0.15, 0.2) is 0 Å². The molecule has 2 fully saturated rings. The fourth-order valence-electron chi connectivity index (χ4n) is 2.87. The van der Waals surface area contributed by atoms with Gasteiger partial charge in [-0.2, -0.15) is 0 Å². The first-order valence-electron chi connectivity index (χ1n) is 6.86. The molecule has 4 heteroatoms.